The molecule has 0 radical (unpaired) electrons. The van der Waals surface area contributed by atoms with Gasteiger partial charge in [0.05, 0.1) is 18.8 Å². The van der Waals surface area contributed by atoms with Crippen LogP contribution >= 0.6 is 8.46 Å². The lowest BCUT2D eigenvalue weighted by atomic mass is 10.2. The first-order chi connectivity index (χ1) is 7.68. The minimum Gasteiger partial charge on any atom is -0.508 e. The molecule has 0 aliphatic rings. The minimum absolute atomic E-state index is 0.153. The largest absolute Gasteiger partial charge is 0.508 e. The van der Waals surface area contributed by atoms with Crippen LogP contribution in [-0.2, 0) is 19.6 Å². The third kappa shape index (κ3) is 2.79. The van der Waals surface area contributed by atoms with Gasteiger partial charge in [0.25, 0.3) is 0 Å². The van der Waals surface area contributed by atoms with E-state index in [1.165, 1.54) is 12.1 Å². The van der Waals surface area contributed by atoms with E-state index in [4.69, 9.17) is 9.47 Å². The molecule has 0 aliphatic heterocycles. The monoisotopic (exact) mass is 243 g/mol. The van der Waals surface area contributed by atoms with Crippen LogP contribution < -0.4 is 0 Å². The average Bonchev–Trinajstić information content (AvgIpc) is 2.29. The molecule has 0 bridgehead atoms. The van der Waals surface area contributed by atoms with Crippen molar-refractivity contribution in [2.24, 2.45) is 0 Å². The van der Waals surface area contributed by atoms with Gasteiger partial charge in [-0.05, 0) is 38.1 Å². The lowest BCUT2D eigenvalue weighted by Gasteiger charge is -2.20. The number of hydrogen-bond acceptors (Lipinski definition) is 4. The Hall–Kier alpha value is -0.960. The Labute approximate surface area is 96.4 Å². The fraction of sp³-hybridized carbons (Fsp3) is 0.455. The molecule has 88 valence electrons. The van der Waals surface area contributed by atoms with Crippen LogP contribution in [0.5, 0.6) is 5.75 Å². The second kappa shape index (κ2) is 5.94. The summed E-state index contributed by atoms with van der Waals surface area (Å²) in [6.07, 6.45) is 0. The lowest BCUT2D eigenvalue weighted by molar-refractivity contribution is -0.176. The molecule has 4 nitrogen and oxygen atoms in total. The van der Waals surface area contributed by atoms with Gasteiger partial charge in [-0.3, -0.25) is 0 Å². The van der Waals surface area contributed by atoms with E-state index in [-0.39, 0.29) is 5.75 Å². The number of rotatable bonds is 6. The molecule has 1 aromatic rings. The van der Waals surface area contributed by atoms with Crippen molar-refractivity contribution in [3.8, 4) is 5.75 Å². The molecular formula is C11H16O4P+. The number of phenols is 1. The molecule has 0 saturated carbocycles. The maximum Gasteiger partial charge on any atom is 0.400 e. The quantitative estimate of drug-likeness (QED) is 0.616. The average molecular weight is 243 g/mol. The van der Waals surface area contributed by atoms with Crippen LogP contribution in [-0.4, -0.2) is 18.3 Å². The van der Waals surface area contributed by atoms with Crippen molar-refractivity contribution >= 4 is 8.46 Å². The highest BCUT2D eigenvalue weighted by Gasteiger charge is 2.43. The van der Waals surface area contributed by atoms with Gasteiger partial charge in [0, 0.05) is 0 Å². The van der Waals surface area contributed by atoms with Gasteiger partial charge in [-0.15, -0.1) is 0 Å². The molecule has 1 rings (SSSR count). The minimum atomic E-state index is -1.21. The summed E-state index contributed by atoms with van der Waals surface area (Å²) in [6.45, 7) is 4.43. The van der Waals surface area contributed by atoms with Gasteiger partial charge < -0.3 is 14.6 Å². The normalized spacial score (nSPS) is 11.9. The number of ether oxygens (including phenoxy) is 2. The number of aromatic hydroxyl groups is 1. The molecule has 1 N–H and O–H groups in total. The van der Waals surface area contributed by atoms with Crippen molar-refractivity contribution in [1.29, 1.82) is 0 Å². The first-order valence-corrected chi connectivity index (χ1v) is 6.06. The summed E-state index contributed by atoms with van der Waals surface area (Å²) in [5.41, 5.74) is -0.570. The fourth-order valence-corrected chi connectivity index (χ4v) is 2.10. The summed E-state index contributed by atoms with van der Waals surface area (Å²) in [5, 5.41) is 9.20. The predicted octanol–water partition coefficient (Wildman–Crippen LogP) is 2.60. The molecule has 0 aromatic heterocycles. The van der Waals surface area contributed by atoms with E-state index in [1.807, 2.05) is 13.8 Å². The van der Waals surface area contributed by atoms with E-state index in [0.29, 0.717) is 18.8 Å². The molecular weight excluding hydrogens is 227 g/mol. The highest BCUT2D eigenvalue weighted by Crippen LogP contribution is 2.38. The smallest absolute Gasteiger partial charge is 0.400 e. The molecule has 1 aromatic carbocycles. The van der Waals surface area contributed by atoms with Gasteiger partial charge in [-0.1, -0.05) is 4.57 Å². The highest BCUT2D eigenvalue weighted by atomic mass is 31.1. The second-order valence-corrected chi connectivity index (χ2v) is 3.99. The fourth-order valence-electron chi connectivity index (χ4n) is 1.41. The lowest BCUT2D eigenvalue weighted by Crippen LogP contribution is -2.27. The maximum atomic E-state index is 11.3. The molecule has 0 heterocycles. The molecule has 0 saturated heterocycles. The topological polar surface area (TPSA) is 55.8 Å². The molecule has 0 amide bonds. The van der Waals surface area contributed by atoms with Crippen molar-refractivity contribution in [3.05, 3.63) is 29.8 Å². The zero-order valence-electron chi connectivity index (χ0n) is 9.40. The Morgan fingerprint density at radius 2 is 1.69 bits per heavy atom. The summed E-state index contributed by atoms with van der Waals surface area (Å²) >= 11 is 0. The number of hydrogen-bond donors (Lipinski definition) is 1. The van der Waals surface area contributed by atoms with Crippen molar-refractivity contribution in [1.82, 2.24) is 0 Å². The van der Waals surface area contributed by atoms with Gasteiger partial charge in [0.2, 0.25) is 0 Å². The van der Waals surface area contributed by atoms with Crippen molar-refractivity contribution in [2.45, 2.75) is 19.4 Å². The Kier molecular flexibility index (Phi) is 4.87. The summed E-state index contributed by atoms with van der Waals surface area (Å²) in [7, 11) is -0.769. The van der Waals surface area contributed by atoms with Crippen LogP contribution in [0.2, 0.25) is 0 Å². The van der Waals surface area contributed by atoms with Gasteiger partial charge in [-0.2, -0.15) is 0 Å². The summed E-state index contributed by atoms with van der Waals surface area (Å²) in [4.78, 5) is 0. The van der Waals surface area contributed by atoms with Crippen LogP contribution in [0.4, 0.5) is 0 Å². The van der Waals surface area contributed by atoms with Crippen molar-refractivity contribution in [3.63, 3.8) is 0 Å². The molecule has 0 spiro atoms. The van der Waals surface area contributed by atoms with E-state index in [0.717, 1.165) is 0 Å². The van der Waals surface area contributed by atoms with Crippen molar-refractivity contribution < 1.29 is 19.1 Å². The number of phenolic OH excluding ortho intramolecular Hbond substituents is 1. The Balaban J connectivity index is 3.07. The Morgan fingerprint density at radius 1 is 1.19 bits per heavy atom. The molecule has 1 atom stereocenters. The van der Waals surface area contributed by atoms with Gasteiger partial charge in [-0.25, -0.2) is 0 Å². The molecule has 5 heteroatoms. The molecule has 16 heavy (non-hydrogen) atoms. The molecule has 0 fully saturated rings. The summed E-state index contributed by atoms with van der Waals surface area (Å²) in [5.74, 6) is 0.153. The Bertz CT molecular complexity index is 330. The van der Waals surface area contributed by atoms with E-state index in [2.05, 4.69) is 0 Å². The summed E-state index contributed by atoms with van der Waals surface area (Å²) in [6, 6.07) is 6.32. The first kappa shape index (κ1) is 13.1. The van der Waals surface area contributed by atoms with Crippen LogP contribution in [0.15, 0.2) is 24.3 Å². The zero-order chi connectivity index (χ0) is 12.0. The third-order valence-corrected chi connectivity index (χ3v) is 2.92. The van der Waals surface area contributed by atoms with Gasteiger partial charge >= 0.3 is 14.0 Å². The molecule has 0 aliphatic carbocycles. The summed E-state index contributed by atoms with van der Waals surface area (Å²) < 4.78 is 22.2. The van der Waals surface area contributed by atoms with E-state index < -0.39 is 14.0 Å². The number of benzene rings is 1. The zero-order valence-corrected chi connectivity index (χ0v) is 10.4. The van der Waals surface area contributed by atoms with Crippen LogP contribution in [0.3, 0.4) is 0 Å². The Morgan fingerprint density at radius 3 is 2.06 bits per heavy atom. The first-order valence-electron chi connectivity index (χ1n) is 5.15. The SMILES string of the molecule is CCOC(OCC)([PH+]=O)c1ccc(O)cc1. The highest BCUT2D eigenvalue weighted by molar-refractivity contribution is 7.24. The van der Waals surface area contributed by atoms with Crippen LogP contribution in [0.25, 0.3) is 0 Å². The van der Waals surface area contributed by atoms with Gasteiger partial charge in [0.15, 0.2) is 0 Å². The van der Waals surface area contributed by atoms with Crippen LogP contribution in [0, 0.1) is 0 Å². The van der Waals surface area contributed by atoms with E-state index in [1.54, 1.807) is 12.1 Å². The third-order valence-electron chi connectivity index (χ3n) is 2.08. The second-order valence-electron chi connectivity index (χ2n) is 3.13. The maximum absolute atomic E-state index is 11.3. The van der Waals surface area contributed by atoms with Crippen molar-refractivity contribution in [2.75, 3.05) is 13.2 Å². The standard InChI is InChI=1S/C11H15O4P/c1-3-14-11(16-13,15-4-2)9-5-7-10(12)8-6-9/h5-8,12H,3-4H2,1-2H3/p+1. The van der Waals surface area contributed by atoms with E-state index >= 15 is 0 Å². The molecule has 1 unspecified atom stereocenters. The predicted molar refractivity (Wildman–Crippen MR) is 62.0 cm³/mol. The van der Waals surface area contributed by atoms with E-state index in [9.17, 15) is 9.67 Å². The van der Waals surface area contributed by atoms with Gasteiger partial charge in [0.1, 0.15) is 5.75 Å². The van der Waals surface area contributed by atoms with Crippen LogP contribution in [0.1, 0.15) is 19.4 Å².